The van der Waals surface area contributed by atoms with Gasteiger partial charge in [-0.05, 0) is 32.7 Å². The summed E-state index contributed by atoms with van der Waals surface area (Å²) in [6.45, 7) is 5.69. The van der Waals surface area contributed by atoms with Crippen LogP contribution in [0.3, 0.4) is 0 Å². The van der Waals surface area contributed by atoms with Gasteiger partial charge in [-0.15, -0.1) is 0 Å². The van der Waals surface area contributed by atoms with Crippen molar-refractivity contribution >= 4 is 5.91 Å². The minimum Gasteiger partial charge on any atom is -0.380 e. The maximum atomic E-state index is 11.6. The fraction of sp³-hybridized carbons (Fsp3) is 0.929. The van der Waals surface area contributed by atoms with Crippen molar-refractivity contribution in [2.75, 3.05) is 33.3 Å². The lowest BCUT2D eigenvalue weighted by Crippen LogP contribution is -2.39. The zero-order chi connectivity index (χ0) is 14.1. The van der Waals surface area contributed by atoms with Crippen LogP contribution in [0, 0.1) is 0 Å². The second-order valence-corrected chi connectivity index (χ2v) is 5.38. The van der Waals surface area contributed by atoms with Crippen molar-refractivity contribution in [3.63, 3.8) is 0 Å². The smallest absolute Gasteiger partial charge is 0.222 e. The number of likely N-dealkylation sites (tertiary alicyclic amines) is 1. The molecule has 0 aromatic rings. The first-order valence-electron chi connectivity index (χ1n) is 7.41. The van der Waals surface area contributed by atoms with Crippen LogP contribution in [0.1, 0.15) is 39.0 Å². The molecule has 0 aromatic heterocycles. The van der Waals surface area contributed by atoms with Gasteiger partial charge >= 0.3 is 0 Å². The molecule has 0 spiro atoms. The average molecular weight is 271 g/mol. The number of carbonyl (C=O) groups is 1. The van der Waals surface area contributed by atoms with Gasteiger partial charge in [0, 0.05) is 32.8 Å². The van der Waals surface area contributed by atoms with Crippen LogP contribution in [0.4, 0.5) is 0 Å². The number of hydrogen-bond acceptors (Lipinski definition) is 4. The number of ether oxygens (including phenoxy) is 1. The number of piperidine rings is 1. The van der Waals surface area contributed by atoms with Crippen molar-refractivity contribution in [1.82, 2.24) is 10.2 Å². The van der Waals surface area contributed by atoms with Gasteiger partial charge in [0.05, 0.1) is 12.5 Å². The van der Waals surface area contributed by atoms with Crippen LogP contribution >= 0.6 is 0 Å². The number of amides is 1. The largest absolute Gasteiger partial charge is 0.380 e. The third kappa shape index (κ3) is 6.36. The number of nitrogens with two attached hydrogens (primary N) is 1. The van der Waals surface area contributed by atoms with E-state index < -0.39 is 0 Å². The number of nitrogens with zero attached hydrogens (tertiary/aromatic N) is 1. The maximum absolute atomic E-state index is 11.6. The molecule has 0 radical (unpaired) electrons. The Bertz CT molecular complexity index is 257. The minimum atomic E-state index is -0.165. The molecular weight excluding hydrogens is 242 g/mol. The lowest BCUT2D eigenvalue weighted by Gasteiger charge is -2.33. The van der Waals surface area contributed by atoms with Crippen molar-refractivity contribution in [2.24, 2.45) is 5.73 Å². The summed E-state index contributed by atoms with van der Waals surface area (Å²) < 4.78 is 5.09. The lowest BCUT2D eigenvalue weighted by molar-refractivity contribution is -0.123. The predicted molar refractivity (Wildman–Crippen MR) is 77.0 cm³/mol. The Morgan fingerprint density at radius 2 is 2.32 bits per heavy atom. The Hall–Kier alpha value is -0.650. The van der Waals surface area contributed by atoms with Crippen LogP contribution in [-0.2, 0) is 9.53 Å². The first-order chi connectivity index (χ1) is 9.17. The molecule has 1 aliphatic heterocycles. The molecule has 2 unspecified atom stereocenters. The van der Waals surface area contributed by atoms with Gasteiger partial charge in [-0.3, -0.25) is 4.79 Å². The lowest BCUT2D eigenvalue weighted by atomic mass is 10.0. The van der Waals surface area contributed by atoms with E-state index >= 15 is 0 Å². The summed E-state index contributed by atoms with van der Waals surface area (Å²) in [5, 5.41) is 2.94. The first kappa shape index (κ1) is 16.4. The van der Waals surface area contributed by atoms with Gasteiger partial charge in [-0.2, -0.15) is 0 Å². The Labute approximate surface area is 116 Å². The van der Waals surface area contributed by atoms with Crippen molar-refractivity contribution in [3.8, 4) is 0 Å². The van der Waals surface area contributed by atoms with Gasteiger partial charge in [-0.25, -0.2) is 0 Å². The molecule has 0 saturated carbocycles. The van der Waals surface area contributed by atoms with E-state index in [4.69, 9.17) is 10.5 Å². The van der Waals surface area contributed by atoms with E-state index in [0.29, 0.717) is 19.0 Å². The molecule has 1 fully saturated rings. The van der Waals surface area contributed by atoms with Gasteiger partial charge in [0.15, 0.2) is 0 Å². The highest BCUT2D eigenvalue weighted by Gasteiger charge is 2.17. The molecular formula is C14H29N3O2. The SMILES string of the molecule is COC(CN)CC(=O)NCCCN1CCCCC1C. The summed E-state index contributed by atoms with van der Waals surface area (Å²) >= 11 is 0. The Morgan fingerprint density at radius 1 is 1.53 bits per heavy atom. The van der Waals surface area contributed by atoms with E-state index in [-0.39, 0.29) is 12.0 Å². The van der Waals surface area contributed by atoms with Crippen molar-refractivity contribution < 1.29 is 9.53 Å². The summed E-state index contributed by atoms with van der Waals surface area (Å²) in [5.74, 6) is 0.0315. The highest BCUT2D eigenvalue weighted by molar-refractivity contribution is 5.76. The van der Waals surface area contributed by atoms with Gasteiger partial charge < -0.3 is 20.7 Å². The standard InChI is InChI=1S/C14H29N3O2/c1-12-6-3-4-8-17(12)9-5-7-16-14(18)10-13(11-15)19-2/h12-13H,3-11,15H2,1-2H3,(H,16,18). The average Bonchev–Trinajstić information content (AvgIpc) is 2.42. The number of carbonyl (C=O) groups excluding carboxylic acids is 1. The molecule has 0 aliphatic carbocycles. The van der Waals surface area contributed by atoms with Gasteiger partial charge in [0.25, 0.3) is 0 Å². The molecule has 1 amide bonds. The summed E-state index contributed by atoms with van der Waals surface area (Å²) in [7, 11) is 1.59. The first-order valence-corrected chi connectivity index (χ1v) is 7.41. The second kappa shape index (κ2) is 9.28. The minimum absolute atomic E-state index is 0.0315. The molecule has 1 heterocycles. The summed E-state index contributed by atoms with van der Waals surface area (Å²) in [6.07, 6.45) is 5.17. The van der Waals surface area contributed by atoms with Crippen LogP contribution in [0.5, 0.6) is 0 Å². The molecule has 112 valence electrons. The van der Waals surface area contributed by atoms with Crippen LogP contribution < -0.4 is 11.1 Å². The van der Waals surface area contributed by atoms with Gasteiger partial charge in [-0.1, -0.05) is 6.42 Å². The van der Waals surface area contributed by atoms with Gasteiger partial charge in [0.1, 0.15) is 0 Å². The van der Waals surface area contributed by atoms with Gasteiger partial charge in [0.2, 0.25) is 5.91 Å². The van der Waals surface area contributed by atoms with Crippen molar-refractivity contribution in [1.29, 1.82) is 0 Å². The highest BCUT2D eigenvalue weighted by Crippen LogP contribution is 2.15. The van der Waals surface area contributed by atoms with E-state index in [1.807, 2.05) is 0 Å². The van der Waals surface area contributed by atoms with Crippen molar-refractivity contribution in [2.45, 2.75) is 51.2 Å². The van der Waals surface area contributed by atoms with E-state index in [9.17, 15) is 4.79 Å². The fourth-order valence-corrected chi connectivity index (χ4v) is 2.54. The topological polar surface area (TPSA) is 67.6 Å². The number of hydrogen-bond donors (Lipinski definition) is 2. The Morgan fingerprint density at radius 3 is 2.95 bits per heavy atom. The molecule has 1 rings (SSSR count). The van der Waals surface area contributed by atoms with Crippen LogP contribution in [0.15, 0.2) is 0 Å². The van der Waals surface area contributed by atoms with Crippen molar-refractivity contribution in [3.05, 3.63) is 0 Å². The molecule has 0 aromatic carbocycles. The molecule has 1 aliphatic rings. The molecule has 0 bridgehead atoms. The monoisotopic (exact) mass is 271 g/mol. The zero-order valence-electron chi connectivity index (χ0n) is 12.4. The quantitative estimate of drug-likeness (QED) is 0.639. The summed E-state index contributed by atoms with van der Waals surface area (Å²) in [4.78, 5) is 14.1. The number of methoxy groups -OCH3 is 1. The molecule has 3 N–H and O–H groups in total. The molecule has 5 heteroatoms. The third-order valence-corrected chi connectivity index (χ3v) is 3.89. The van der Waals surface area contributed by atoms with E-state index in [0.717, 1.165) is 19.5 Å². The summed E-state index contributed by atoms with van der Waals surface area (Å²) in [5.41, 5.74) is 5.49. The Balaban J connectivity index is 2.08. The van der Waals surface area contributed by atoms with Crippen LogP contribution in [0.25, 0.3) is 0 Å². The zero-order valence-corrected chi connectivity index (χ0v) is 12.4. The van der Waals surface area contributed by atoms with Crippen LogP contribution in [-0.4, -0.2) is 56.2 Å². The molecule has 1 saturated heterocycles. The Kier molecular flexibility index (Phi) is 8.02. The van der Waals surface area contributed by atoms with Crippen LogP contribution in [0.2, 0.25) is 0 Å². The number of nitrogens with one attached hydrogen (secondary N) is 1. The maximum Gasteiger partial charge on any atom is 0.222 e. The van der Waals surface area contributed by atoms with E-state index in [1.54, 1.807) is 7.11 Å². The van der Waals surface area contributed by atoms with E-state index in [1.165, 1.54) is 25.8 Å². The fourth-order valence-electron chi connectivity index (χ4n) is 2.54. The predicted octanol–water partition coefficient (Wildman–Crippen LogP) is 0.731. The van der Waals surface area contributed by atoms with E-state index in [2.05, 4.69) is 17.1 Å². The highest BCUT2D eigenvalue weighted by atomic mass is 16.5. The molecule has 2 atom stereocenters. The normalized spacial score (nSPS) is 22.2. The second-order valence-electron chi connectivity index (χ2n) is 5.38. The summed E-state index contributed by atoms with van der Waals surface area (Å²) in [6, 6.07) is 0.694. The molecule has 5 nitrogen and oxygen atoms in total. The molecule has 19 heavy (non-hydrogen) atoms. The number of rotatable bonds is 8. The third-order valence-electron chi connectivity index (χ3n) is 3.89.